The van der Waals surface area contributed by atoms with Crippen molar-refractivity contribution < 1.29 is 14.1 Å². The zero-order valence-electron chi connectivity index (χ0n) is 14.7. The fourth-order valence-corrected chi connectivity index (χ4v) is 3.66. The monoisotopic (exact) mass is 336 g/mol. The molecule has 0 spiro atoms. The molecule has 134 valence electrons. The minimum atomic E-state index is -0.274. The molecule has 2 fully saturated rings. The first-order valence-corrected chi connectivity index (χ1v) is 8.99. The number of hydrogen-bond donors (Lipinski definition) is 1. The lowest BCUT2D eigenvalue weighted by atomic mass is 9.82. The minimum Gasteiger partial charge on any atom is -0.378 e. The Labute approximate surface area is 143 Å². The van der Waals surface area contributed by atoms with Crippen LogP contribution in [0.5, 0.6) is 0 Å². The number of aromatic nitrogens is 2. The molecule has 3 rings (SSSR count). The van der Waals surface area contributed by atoms with Crippen LogP contribution in [0.15, 0.2) is 4.52 Å². The molecule has 1 aliphatic heterocycles. The Morgan fingerprint density at radius 2 is 2.04 bits per heavy atom. The van der Waals surface area contributed by atoms with Gasteiger partial charge >= 0.3 is 0 Å². The van der Waals surface area contributed by atoms with Crippen molar-refractivity contribution in [3.63, 3.8) is 0 Å². The maximum absolute atomic E-state index is 12.7. The summed E-state index contributed by atoms with van der Waals surface area (Å²) < 4.78 is 10.9. The number of carbonyl (C=O) groups is 1. The zero-order valence-corrected chi connectivity index (χ0v) is 14.7. The molecule has 0 aromatic carbocycles. The predicted molar refractivity (Wildman–Crippen MR) is 88.7 cm³/mol. The van der Waals surface area contributed by atoms with Gasteiger partial charge in [-0.2, -0.15) is 4.98 Å². The van der Waals surface area contributed by atoms with E-state index in [1.54, 1.807) is 0 Å². The summed E-state index contributed by atoms with van der Waals surface area (Å²) in [5.74, 6) is 1.56. The summed E-state index contributed by atoms with van der Waals surface area (Å²) in [7, 11) is 1.92. The number of carbonyl (C=O) groups excluding carboxylic acids is 1. The molecular weight excluding hydrogens is 308 g/mol. The van der Waals surface area contributed by atoms with Gasteiger partial charge in [0.25, 0.3) is 0 Å². The first-order chi connectivity index (χ1) is 11.6. The summed E-state index contributed by atoms with van der Waals surface area (Å²) in [4.78, 5) is 19.3. The van der Waals surface area contributed by atoms with E-state index < -0.39 is 0 Å². The number of rotatable bonds is 6. The minimum absolute atomic E-state index is 0.184. The molecule has 24 heavy (non-hydrogen) atoms. The van der Waals surface area contributed by atoms with E-state index in [0.29, 0.717) is 44.7 Å². The van der Waals surface area contributed by atoms with Gasteiger partial charge in [0.1, 0.15) is 0 Å². The molecule has 7 heteroatoms. The van der Waals surface area contributed by atoms with E-state index in [4.69, 9.17) is 9.26 Å². The average molecular weight is 336 g/mol. The van der Waals surface area contributed by atoms with Gasteiger partial charge in [-0.3, -0.25) is 4.79 Å². The highest BCUT2D eigenvalue weighted by molar-refractivity contribution is 5.77. The van der Waals surface area contributed by atoms with Crippen molar-refractivity contribution >= 4 is 5.91 Å². The van der Waals surface area contributed by atoms with Gasteiger partial charge in [0.2, 0.25) is 11.8 Å². The Hall–Kier alpha value is -1.47. The fraction of sp³-hybridized carbons (Fsp3) is 0.824. The van der Waals surface area contributed by atoms with Crippen molar-refractivity contribution in [3.05, 3.63) is 11.7 Å². The van der Waals surface area contributed by atoms with Crippen LogP contribution in [0.3, 0.4) is 0 Å². The largest absolute Gasteiger partial charge is 0.378 e. The quantitative estimate of drug-likeness (QED) is 0.843. The Balaban J connectivity index is 1.72. The van der Waals surface area contributed by atoms with Crippen LogP contribution in [0.25, 0.3) is 0 Å². The normalized spacial score (nSPS) is 21.8. The van der Waals surface area contributed by atoms with Crippen LogP contribution in [0.1, 0.15) is 50.7 Å². The van der Waals surface area contributed by atoms with Gasteiger partial charge in [-0.1, -0.05) is 18.0 Å². The van der Waals surface area contributed by atoms with E-state index in [0.717, 1.165) is 37.9 Å². The number of morpholine rings is 1. The molecule has 0 radical (unpaired) electrons. The van der Waals surface area contributed by atoms with Crippen molar-refractivity contribution in [1.29, 1.82) is 0 Å². The fourth-order valence-electron chi connectivity index (χ4n) is 3.66. The van der Waals surface area contributed by atoms with E-state index in [2.05, 4.69) is 22.4 Å². The van der Waals surface area contributed by atoms with Gasteiger partial charge in [-0.15, -0.1) is 0 Å². The molecule has 1 amide bonds. The number of nitrogens with one attached hydrogen (secondary N) is 1. The standard InChI is InChI=1S/C17H28N4O3/c1-13(18-2)11-14-19-16(24-20-14)17(5-3-4-6-17)12-15(22)21-7-9-23-10-8-21/h13,18H,3-12H2,1-2H3. The number of likely N-dealkylation sites (N-methyl/N-ethyl adjacent to an activating group) is 1. The smallest absolute Gasteiger partial charge is 0.233 e. The van der Waals surface area contributed by atoms with Crippen LogP contribution in [-0.2, 0) is 21.4 Å². The summed E-state index contributed by atoms with van der Waals surface area (Å²) >= 11 is 0. The van der Waals surface area contributed by atoms with Crippen molar-refractivity contribution in [3.8, 4) is 0 Å². The summed E-state index contributed by atoms with van der Waals surface area (Å²) in [6, 6.07) is 0.296. The molecule has 2 aliphatic rings. The molecule has 2 heterocycles. The molecule has 1 aromatic rings. The Kier molecular flexibility index (Phi) is 5.50. The SMILES string of the molecule is CNC(C)Cc1noc(C2(CC(=O)N3CCOCC3)CCCC2)n1. The van der Waals surface area contributed by atoms with Crippen molar-refractivity contribution in [2.24, 2.45) is 0 Å². The number of nitrogens with zero attached hydrogens (tertiary/aromatic N) is 3. The maximum atomic E-state index is 12.7. The third-order valence-corrected chi connectivity index (χ3v) is 5.32. The van der Waals surface area contributed by atoms with E-state index in [9.17, 15) is 4.79 Å². The second-order valence-electron chi connectivity index (χ2n) is 7.07. The lowest BCUT2D eigenvalue weighted by molar-refractivity contribution is -0.136. The van der Waals surface area contributed by atoms with E-state index >= 15 is 0 Å². The Morgan fingerprint density at radius 1 is 1.33 bits per heavy atom. The van der Waals surface area contributed by atoms with Crippen LogP contribution in [0.4, 0.5) is 0 Å². The highest BCUT2D eigenvalue weighted by atomic mass is 16.5. The van der Waals surface area contributed by atoms with Crippen LogP contribution in [0.2, 0.25) is 0 Å². The van der Waals surface area contributed by atoms with Crippen molar-refractivity contribution in [2.45, 2.75) is 56.9 Å². The summed E-state index contributed by atoms with van der Waals surface area (Å²) in [5, 5.41) is 7.33. The van der Waals surface area contributed by atoms with Gasteiger partial charge < -0.3 is 19.5 Å². The first-order valence-electron chi connectivity index (χ1n) is 8.99. The lowest BCUT2D eigenvalue weighted by Gasteiger charge is -2.31. The Bertz CT molecular complexity index is 548. The maximum Gasteiger partial charge on any atom is 0.233 e. The molecule has 0 bridgehead atoms. The van der Waals surface area contributed by atoms with Gasteiger partial charge in [-0.25, -0.2) is 0 Å². The molecule has 1 aromatic heterocycles. The molecule has 1 saturated heterocycles. The van der Waals surface area contributed by atoms with Crippen molar-refractivity contribution in [2.75, 3.05) is 33.4 Å². The second kappa shape index (κ2) is 7.61. The summed E-state index contributed by atoms with van der Waals surface area (Å²) in [6.45, 7) is 4.72. The van der Waals surface area contributed by atoms with E-state index in [1.165, 1.54) is 0 Å². The molecule has 1 aliphatic carbocycles. The van der Waals surface area contributed by atoms with E-state index in [1.807, 2.05) is 11.9 Å². The van der Waals surface area contributed by atoms with E-state index in [-0.39, 0.29) is 11.3 Å². The molecule has 1 saturated carbocycles. The summed E-state index contributed by atoms with van der Waals surface area (Å²) in [5.41, 5.74) is -0.274. The average Bonchev–Trinajstić information content (AvgIpc) is 3.26. The second-order valence-corrected chi connectivity index (χ2v) is 7.07. The number of amides is 1. The van der Waals surface area contributed by atoms with Crippen LogP contribution >= 0.6 is 0 Å². The Morgan fingerprint density at radius 3 is 2.71 bits per heavy atom. The molecule has 1 atom stereocenters. The van der Waals surface area contributed by atoms with Gasteiger partial charge in [0.15, 0.2) is 5.82 Å². The first kappa shape index (κ1) is 17.4. The van der Waals surface area contributed by atoms with Crippen LogP contribution < -0.4 is 5.32 Å². The highest BCUT2D eigenvalue weighted by Crippen LogP contribution is 2.43. The zero-order chi connectivity index (χ0) is 17.0. The highest BCUT2D eigenvalue weighted by Gasteiger charge is 2.43. The third kappa shape index (κ3) is 3.78. The lowest BCUT2D eigenvalue weighted by Crippen LogP contribution is -2.43. The number of hydrogen-bond acceptors (Lipinski definition) is 6. The van der Waals surface area contributed by atoms with Gasteiger partial charge in [0.05, 0.1) is 18.6 Å². The van der Waals surface area contributed by atoms with Gasteiger partial charge in [-0.05, 0) is 26.8 Å². The molecular formula is C17H28N4O3. The molecule has 1 unspecified atom stereocenters. The third-order valence-electron chi connectivity index (χ3n) is 5.32. The van der Waals surface area contributed by atoms with Crippen LogP contribution in [-0.4, -0.2) is 60.3 Å². The van der Waals surface area contributed by atoms with Crippen LogP contribution in [0, 0.1) is 0 Å². The predicted octanol–water partition coefficient (Wildman–Crippen LogP) is 1.28. The molecule has 7 nitrogen and oxygen atoms in total. The number of ether oxygens (including phenoxy) is 1. The van der Waals surface area contributed by atoms with Gasteiger partial charge in [0, 0.05) is 32.0 Å². The molecule has 1 N–H and O–H groups in total. The van der Waals surface area contributed by atoms with Crippen molar-refractivity contribution in [1.82, 2.24) is 20.4 Å². The topological polar surface area (TPSA) is 80.5 Å². The summed E-state index contributed by atoms with van der Waals surface area (Å²) in [6.07, 6.45) is 5.32.